The lowest BCUT2D eigenvalue weighted by Crippen LogP contribution is -2.30. The fraction of sp³-hybridized carbons (Fsp3) is 0.273. The van der Waals surface area contributed by atoms with Gasteiger partial charge in [0.2, 0.25) is 0 Å². The third-order valence-corrected chi connectivity index (χ3v) is 6.41. The maximum atomic E-state index is 5.10. The Morgan fingerprint density at radius 3 is 2.59 bits per heavy atom. The molecule has 4 nitrogen and oxygen atoms in total. The fourth-order valence-corrected chi connectivity index (χ4v) is 5.25. The van der Waals surface area contributed by atoms with Gasteiger partial charge in [-0.05, 0) is 43.3 Å². The van der Waals surface area contributed by atoms with Crippen LogP contribution in [-0.4, -0.2) is 31.4 Å². The zero-order valence-electron chi connectivity index (χ0n) is 15.5. The Morgan fingerprint density at radius 1 is 1.00 bits per heavy atom. The quantitative estimate of drug-likeness (QED) is 0.662. The summed E-state index contributed by atoms with van der Waals surface area (Å²) >= 11 is 1.88. The van der Waals surface area contributed by atoms with E-state index in [0.717, 1.165) is 17.4 Å². The first-order valence-corrected chi connectivity index (χ1v) is 10.3. The predicted octanol–water partition coefficient (Wildman–Crippen LogP) is 4.77. The van der Waals surface area contributed by atoms with Crippen LogP contribution < -0.4 is 0 Å². The lowest BCUT2D eigenvalue weighted by atomic mass is 10.0. The number of pyridine rings is 1. The van der Waals surface area contributed by atoms with Crippen molar-refractivity contribution in [3.63, 3.8) is 0 Å². The van der Waals surface area contributed by atoms with Crippen LogP contribution in [-0.2, 0) is 0 Å². The second-order valence-electron chi connectivity index (χ2n) is 7.21. The Labute approximate surface area is 164 Å². The number of aryl methyl sites for hydroxylation is 1. The number of rotatable bonds is 3. The van der Waals surface area contributed by atoms with Gasteiger partial charge in [-0.1, -0.05) is 43.0 Å². The summed E-state index contributed by atoms with van der Waals surface area (Å²) in [7, 11) is 0. The summed E-state index contributed by atoms with van der Waals surface area (Å²) in [6, 6.07) is 21.4. The van der Waals surface area contributed by atoms with Crippen LogP contribution in [0.15, 0.2) is 71.9 Å². The lowest BCUT2D eigenvalue weighted by molar-refractivity contribution is 0.312. The third-order valence-electron chi connectivity index (χ3n) is 5.30. The van der Waals surface area contributed by atoms with Crippen molar-refractivity contribution in [1.29, 1.82) is 0 Å². The lowest BCUT2D eigenvalue weighted by Gasteiger charge is -2.28. The molecule has 0 amide bonds. The number of hydrogen-bond acceptors (Lipinski definition) is 4. The van der Waals surface area contributed by atoms with Gasteiger partial charge in [0.1, 0.15) is 6.04 Å². The van der Waals surface area contributed by atoms with E-state index in [0.29, 0.717) is 5.25 Å². The number of benzene rings is 1. The van der Waals surface area contributed by atoms with Crippen LogP contribution in [0.1, 0.15) is 36.1 Å². The molecule has 0 spiro atoms. The first-order valence-electron chi connectivity index (χ1n) is 9.38. The zero-order valence-corrected chi connectivity index (χ0v) is 16.3. The van der Waals surface area contributed by atoms with Gasteiger partial charge < -0.3 is 9.47 Å². The van der Waals surface area contributed by atoms with Crippen molar-refractivity contribution in [2.75, 3.05) is 6.54 Å². The van der Waals surface area contributed by atoms with E-state index in [-0.39, 0.29) is 12.1 Å². The van der Waals surface area contributed by atoms with E-state index < -0.39 is 0 Å². The predicted molar refractivity (Wildman–Crippen MR) is 111 cm³/mol. The number of thioether (sulfide) groups is 1. The highest BCUT2D eigenvalue weighted by Crippen LogP contribution is 2.48. The number of nitrogens with zero attached hydrogens (tertiary/aromatic N) is 4. The molecular formula is C22H22N4S. The average molecular weight is 375 g/mol. The first-order chi connectivity index (χ1) is 13.2. The summed E-state index contributed by atoms with van der Waals surface area (Å²) in [6.45, 7) is 5.47. The van der Waals surface area contributed by atoms with Gasteiger partial charge >= 0.3 is 0 Å². The van der Waals surface area contributed by atoms with Gasteiger partial charge in [-0.25, -0.2) is 0 Å². The van der Waals surface area contributed by atoms with Crippen LogP contribution in [0.25, 0.3) is 5.69 Å². The van der Waals surface area contributed by atoms with Crippen molar-refractivity contribution in [2.24, 2.45) is 4.99 Å². The highest BCUT2D eigenvalue weighted by Gasteiger charge is 2.44. The molecule has 0 unspecified atom stereocenters. The third kappa shape index (κ3) is 2.77. The van der Waals surface area contributed by atoms with Gasteiger partial charge in [-0.2, -0.15) is 0 Å². The Hall–Kier alpha value is -2.53. The maximum absolute atomic E-state index is 5.10. The van der Waals surface area contributed by atoms with Crippen LogP contribution in [0, 0.1) is 6.92 Å². The van der Waals surface area contributed by atoms with Gasteiger partial charge in [0, 0.05) is 35.1 Å². The minimum absolute atomic E-state index is 0.0259. The topological polar surface area (TPSA) is 33.4 Å². The number of fused-ring (bicyclic) bond motifs is 1. The molecule has 1 aromatic carbocycles. The van der Waals surface area contributed by atoms with Crippen molar-refractivity contribution in [3.8, 4) is 5.69 Å². The van der Waals surface area contributed by atoms with Crippen LogP contribution in [0.3, 0.4) is 0 Å². The molecule has 0 N–H and O–H groups in total. The summed E-state index contributed by atoms with van der Waals surface area (Å²) in [5, 5.41) is 1.72. The summed E-state index contributed by atoms with van der Waals surface area (Å²) < 4.78 is 2.37. The molecule has 5 rings (SSSR count). The molecule has 0 bridgehead atoms. The molecule has 0 saturated carbocycles. The largest absolute Gasteiger partial charge is 0.339 e. The summed E-state index contributed by atoms with van der Waals surface area (Å²) in [5.74, 6) is 0. The molecule has 1 saturated heterocycles. The minimum atomic E-state index is 0.0259. The Morgan fingerprint density at radius 2 is 1.81 bits per heavy atom. The summed E-state index contributed by atoms with van der Waals surface area (Å²) in [5.41, 5.74) is 4.76. The van der Waals surface area contributed by atoms with E-state index in [1.807, 2.05) is 24.0 Å². The van der Waals surface area contributed by atoms with Gasteiger partial charge in [-0.3, -0.25) is 9.98 Å². The fourth-order valence-electron chi connectivity index (χ4n) is 4.16. The molecule has 27 heavy (non-hydrogen) atoms. The summed E-state index contributed by atoms with van der Waals surface area (Å²) in [4.78, 5) is 12.2. The van der Waals surface area contributed by atoms with E-state index >= 15 is 0 Å². The van der Waals surface area contributed by atoms with Crippen molar-refractivity contribution < 1.29 is 0 Å². The van der Waals surface area contributed by atoms with E-state index in [2.05, 4.69) is 82.9 Å². The van der Waals surface area contributed by atoms with Crippen molar-refractivity contribution in [3.05, 3.63) is 83.9 Å². The van der Waals surface area contributed by atoms with Crippen molar-refractivity contribution in [2.45, 2.75) is 31.2 Å². The van der Waals surface area contributed by atoms with Gasteiger partial charge in [0.15, 0.2) is 5.17 Å². The molecule has 4 heterocycles. The highest BCUT2D eigenvalue weighted by atomic mass is 32.2. The van der Waals surface area contributed by atoms with E-state index in [9.17, 15) is 0 Å². The van der Waals surface area contributed by atoms with Crippen LogP contribution >= 0.6 is 11.8 Å². The molecule has 5 heteroatoms. The van der Waals surface area contributed by atoms with E-state index in [1.165, 1.54) is 17.1 Å². The first kappa shape index (κ1) is 16.6. The molecule has 0 radical (unpaired) electrons. The molecule has 2 aliphatic rings. The number of aliphatic imine (C=N–C) groups is 1. The Kier molecular flexibility index (Phi) is 4.05. The smallest absolute Gasteiger partial charge is 0.160 e. The molecule has 2 aliphatic heterocycles. The molecule has 1 fully saturated rings. The Balaban J connectivity index is 1.65. The van der Waals surface area contributed by atoms with E-state index in [4.69, 9.17) is 4.99 Å². The zero-order chi connectivity index (χ0) is 18.4. The average Bonchev–Trinajstić information content (AvgIpc) is 3.34. The summed E-state index contributed by atoms with van der Waals surface area (Å²) in [6.07, 6.45) is 1.87. The number of amidine groups is 1. The molecule has 3 atom stereocenters. The molecular weight excluding hydrogens is 352 g/mol. The van der Waals surface area contributed by atoms with Crippen molar-refractivity contribution >= 4 is 16.9 Å². The normalized spacial score (nSPS) is 24.1. The van der Waals surface area contributed by atoms with Gasteiger partial charge in [-0.15, -0.1) is 0 Å². The van der Waals surface area contributed by atoms with Gasteiger partial charge in [0.25, 0.3) is 0 Å². The molecule has 0 aliphatic carbocycles. The van der Waals surface area contributed by atoms with Crippen LogP contribution in [0.5, 0.6) is 0 Å². The van der Waals surface area contributed by atoms with E-state index in [1.54, 1.807) is 0 Å². The molecule has 136 valence electrons. The SMILES string of the molecule is Cc1ccc([C@@H]2[C@H](c3ccccn3)N=C3S[C@@H](C)CN32)n1-c1ccccc1. The number of aromatic nitrogens is 2. The van der Waals surface area contributed by atoms with Crippen LogP contribution in [0.4, 0.5) is 0 Å². The van der Waals surface area contributed by atoms with Crippen LogP contribution in [0.2, 0.25) is 0 Å². The monoisotopic (exact) mass is 374 g/mol. The van der Waals surface area contributed by atoms with Crippen molar-refractivity contribution in [1.82, 2.24) is 14.5 Å². The number of hydrogen-bond donors (Lipinski definition) is 0. The molecule has 2 aromatic heterocycles. The second kappa shape index (κ2) is 6.57. The highest BCUT2D eigenvalue weighted by molar-refractivity contribution is 8.14. The maximum Gasteiger partial charge on any atom is 0.160 e. The second-order valence-corrected chi connectivity index (χ2v) is 8.61. The Bertz CT molecular complexity index is 980. The number of para-hydroxylation sites is 1. The standard InChI is InChI=1S/C22H22N4S/c1-15-11-12-19(26(15)17-8-4-3-5-9-17)21-20(18-10-6-7-13-23-18)24-22-25(21)14-16(2)27-22/h3-13,16,20-21H,14H2,1-2H3/t16-,20-,21+/m0/s1. The molecule has 3 aromatic rings. The van der Waals surface area contributed by atoms with Gasteiger partial charge in [0.05, 0.1) is 11.7 Å². The minimum Gasteiger partial charge on any atom is -0.339 e.